The molecule has 0 fully saturated rings. The first-order chi connectivity index (χ1) is 10.8. The fourth-order valence-corrected chi connectivity index (χ4v) is 1.89. The van der Waals surface area contributed by atoms with E-state index in [2.05, 4.69) is 0 Å². The number of rotatable bonds is 4. The van der Waals surface area contributed by atoms with Gasteiger partial charge in [-0.15, -0.1) is 0 Å². The first-order valence-electron chi connectivity index (χ1n) is 6.11. The van der Waals surface area contributed by atoms with Crippen molar-refractivity contribution in [2.24, 2.45) is 0 Å². The summed E-state index contributed by atoms with van der Waals surface area (Å²) in [4.78, 5) is 12.2. The lowest BCUT2D eigenvalue weighted by molar-refractivity contribution is 0.102. The van der Waals surface area contributed by atoms with Crippen LogP contribution < -0.4 is 9.47 Å². The molecule has 2 aromatic carbocycles. The van der Waals surface area contributed by atoms with Gasteiger partial charge in [0.25, 0.3) is 0 Å². The van der Waals surface area contributed by atoms with Gasteiger partial charge in [-0.2, -0.15) is 0 Å². The van der Waals surface area contributed by atoms with Crippen LogP contribution in [-0.4, -0.2) is 20.0 Å². The van der Waals surface area contributed by atoms with Gasteiger partial charge in [0.1, 0.15) is 17.1 Å². The lowest BCUT2D eigenvalue weighted by atomic mass is 10.0. The third kappa shape index (κ3) is 2.84. The summed E-state index contributed by atoms with van der Waals surface area (Å²) in [6, 6.07) is 3.54. The summed E-state index contributed by atoms with van der Waals surface area (Å²) in [6.45, 7) is 0. The van der Waals surface area contributed by atoms with Crippen molar-refractivity contribution in [2.75, 3.05) is 14.2 Å². The lowest BCUT2D eigenvalue weighted by Crippen LogP contribution is -2.14. The van der Waals surface area contributed by atoms with Crippen LogP contribution in [0.5, 0.6) is 11.5 Å². The molecular weight excluding hydrogens is 323 g/mol. The monoisotopic (exact) mass is 332 g/mol. The average molecular weight is 332 g/mol. The molecule has 0 amide bonds. The molecule has 0 aliphatic carbocycles. The first kappa shape index (κ1) is 16.7. The molecule has 0 aliphatic heterocycles. The Bertz CT molecular complexity index is 738. The molecule has 0 saturated heterocycles. The Balaban J connectivity index is 2.67. The molecule has 2 rings (SSSR count). The molecule has 23 heavy (non-hydrogen) atoms. The largest absolute Gasteiger partial charge is 0.497 e. The molecule has 0 saturated carbocycles. The highest BCUT2D eigenvalue weighted by Crippen LogP contribution is 2.28. The fourth-order valence-electron chi connectivity index (χ4n) is 1.89. The molecule has 3 nitrogen and oxygen atoms in total. The van der Waals surface area contributed by atoms with Crippen LogP contribution in [-0.2, 0) is 0 Å². The van der Waals surface area contributed by atoms with E-state index in [4.69, 9.17) is 9.47 Å². The van der Waals surface area contributed by atoms with E-state index in [9.17, 15) is 26.7 Å². The zero-order valence-corrected chi connectivity index (χ0v) is 11.8. The van der Waals surface area contributed by atoms with E-state index in [-0.39, 0.29) is 17.1 Å². The van der Waals surface area contributed by atoms with Gasteiger partial charge in [0.05, 0.1) is 14.2 Å². The van der Waals surface area contributed by atoms with Crippen LogP contribution in [0.15, 0.2) is 18.2 Å². The van der Waals surface area contributed by atoms with Crippen LogP contribution in [0.1, 0.15) is 15.9 Å². The molecule has 0 radical (unpaired) electrons. The number of carbonyl (C=O) groups excluding carboxylic acids is 1. The van der Waals surface area contributed by atoms with Crippen LogP contribution in [0.4, 0.5) is 22.0 Å². The number of hydrogen-bond donors (Lipinski definition) is 0. The number of methoxy groups -OCH3 is 2. The summed E-state index contributed by atoms with van der Waals surface area (Å²) in [5, 5.41) is 0. The molecule has 0 N–H and O–H groups in total. The van der Waals surface area contributed by atoms with E-state index >= 15 is 0 Å². The van der Waals surface area contributed by atoms with Gasteiger partial charge >= 0.3 is 0 Å². The number of ether oxygens (including phenoxy) is 2. The molecule has 2 aromatic rings. The SMILES string of the molecule is COc1cc(OC)cc(C(=O)c2c(F)c(F)c(F)c(F)c2F)c1. The Labute approximate surface area is 127 Å². The van der Waals surface area contributed by atoms with Gasteiger partial charge in [-0.05, 0) is 12.1 Å². The second kappa shape index (κ2) is 6.23. The van der Waals surface area contributed by atoms with Crippen molar-refractivity contribution in [1.29, 1.82) is 0 Å². The van der Waals surface area contributed by atoms with Crippen molar-refractivity contribution in [2.45, 2.75) is 0 Å². The standard InChI is InChI=1S/C15H9F5O3/c1-22-7-3-6(4-8(5-7)23-2)15(21)9-10(16)12(18)14(20)13(19)11(9)17/h3-5H,1-2H3. The zero-order valence-electron chi connectivity index (χ0n) is 11.8. The highest BCUT2D eigenvalue weighted by molar-refractivity contribution is 6.09. The molecule has 0 unspecified atom stereocenters. The van der Waals surface area contributed by atoms with Gasteiger partial charge in [0.15, 0.2) is 29.1 Å². The zero-order chi connectivity index (χ0) is 17.3. The van der Waals surface area contributed by atoms with E-state index < -0.39 is 40.4 Å². The Morgan fingerprint density at radius 2 is 1.13 bits per heavy atom. The maximum Gasteiger partial charge on any atom is 0.200 e. The van der Waals surface area contributed by atoms with E-state index in [1.807, 2.05) is 0 Å². The molecule has 0 aliphatic rings. The Morgan fingerprint density at radius 3 is 1.52 bits per heavy atom. The van der Waals surface area contributed by atoms with E-state index in [1.165, 1.54) is 20.3 Å². The summed E-state index contributed by atoms with van der Waals surface area (Å²) in [6.07, 6.45) is 0. The normalized spacial score (nSPS) is 10.6. The maximum absolute atomic E-state index is 13.7. The summed E-state index contributed by atoms with van der Waals surface area (Å²) < 4.78 is 76.6. The predicted molar refractivity (Wildman–Crippen MR) is 69.2 cm³/mol. The van der Waals surface area contributed by atoms with Crippen LogP contribution in [0.2, 0.25) is 0 Å². The quantitative estimate of drug-likeness (QED) is 0.371. The molecule has 0 spiro atoms. The summed E-state index contributed by atoms with van der Waals surface area (Å²) >= 11 is 0. The van der Waals surface area contributed by atoms with Gasteiger partial charge in [-0.3, -0.25) is 4.79 Å². The molecule has 0 aromatic heterocycles. The molecule has 8 heteroatoms. The minimum Gasteiger partial charge on any atom is -0.497 e. The molecule has 0 heterocycles. The summed E-state index contributed by atoms with van der Waals surface area (Å²) in [5.74, 6) is -12.3. The van der Waals surface area contributed by atoms with E-state index in [0.717, 1.165) is 12.1 Å². The number of ketones is 1. The third-order valence-electron chi connectivity index (χ3n) is 3.05. The fraction of sp³-hybridized carbons (Fsp3) is 0.133. The van der Waals surface area contributed by atoms with E-state index in [1.54, 1.807) is 0 Å². The molecule has 122 valence electrons. The highest BCUT2D eigenvalue weighted by atomic mass is 19.2. The van der Waals surface area contributed by atoms with Crippen LogP contribution in [0.3, 0.4) is 0 Å². The maximum atomic E-state index is 13.7. The van der Waals surface area contributed by atoms with Crippen LogP contribution in [0, 0.1) is 29.1 Å². The average Bonchev–Trinajstić information content (AvgIpc) is 2.57. The van der Waals surface area contributed by atoms with Gasteiger partial charge < -0.3 is 9.47 Å². The third-order valence-corrected chi connectivity index (χ3v) is 3.05. The van der Waals surface area contributed by atoms with Crippen molar-refractivity contribution >= 4 is 5.78 Å². The smallest absolute Gasteiger partial charge is 0.200 e. The summed E-state index contributed by atoms with van der Waals surface area (Å²) in [7, 11) is 2.53. The minimum atomic E-state index is -2.33. The number of halogens is 5. The number of benzene rings is 2. The van der Waals surface area contributed by atoms with Gasteiger partial charge in [-0.25, -0.2) is 22.0 Å². The van der Waals surface area contributed by atoms with Crippen molar-refractivity contribution in [3.63, 3.8) is 0 Å². The molecular formula is C15H9F5O3. The molecule has 0 bridgehead atoms. The Kier molecular flexibility index (Phi) is 4.53. The van der Waals surface area contributed by atoms with Crippen LogP contribution >= 0.6 is 0 Å². The highest BCUT2D eigenvalue weighted by Gasteiger charge is 2.30. The van der Waals surface area contributed by atoms with Crippen molar-refractivity contribution in [3.8, 4) is 11.5 Å². The lowest BCUT2D eigenvalue weighted by Gasteiger charge is -2.10. The van der Waals surface area contributed by atoms with Gasteiger partial charge in [0, 0.05) is 11.6 Å². The predicted octanol–water partition coefficient (Wildman–Crippen LogP) is 3.63. The van der Waals surface area contributed by atoms with Crippen molar-refractivity contribution in [3.05, 3.63) is 58.4 Å². The second-order valence-corrected chi connectivity index (χ2v) is 4.38. The van der Waals surface area contributed by atoms with E-state index in [0.29, 0.717) is 0 Å². The van der Waals surface area contributed by atoms with Crippen molar-refractivity contribution < 1.29 is 36.2 Å². The topological polar surface area (TPSA) is 35.5 Å². The summed E-state index contributed by atoms with van der Waals surface area (Å²) in [5.41, 5.74) is -1.90. The molecule has 0 atom stereocenters. The van der Waals surface area contributed by atoms with Crippen molar-refractivity contribution in [1.82, 2.24) is 0 Å². The second-order valence-electron chi connectivity index (χ2n) is 4.38. The number of hydrogen-bond acceptors (Lipinski definition) is 3. The van der Waals surface area contributed by atoms with Gasteiger partial charge in [-0.1, -0.05) is 0 Å². The minimum absolute atomic E-state index is 0.108. The number of carbonyl (C=O) groups is 1. The Hall–Kier alpha value is -2.64. The Morgan fingerprint density at radius 1 is 0.739 bits per heavy atom. The van der Waals surface area contributed by atoms with Crippen LogP contribution in [0.25, 0.3) is 0 Å². The van der Waals surface area contributed by atoms with Gasteiger partial charge in [0.2, 0.25) is 5.82 Å². The first-order valence-corrected chi connectivity index (χ1v) is 6.11.